The summed E-state index contributed by atoms with van der Waals surface area (Å²) < 4.78 is 36.1. The minimum Gasteiger partial charge on any atom is -0.342 e. The van der Waals surface area contributed by atoms with Gasteiger partial charge in [0.1, 0.15) is 6.04 Å². The van der Waals surface area contributed by atoms with Gasteiger partial charge in [0.05, 0.1) is 6.54 Å². The average Bonchev–Trinajstić information content (AvgIpc) is 2.19. The highest BCUT2D eigenvalue weighted by Crippen LogP contribution is 2.30. The lowest BCUT2D eigenvalue weighted by molar-refractivity contribution is -0.147. The standard InChI is InChI=1S/C11H17F3N2O2S/c1-10(2,3)8-9(18)16(6-7(17)15-8)4-5-19-11(12,13)14/h8H,4-6H2,1-3H3,(H,15,17). The number of hydrogen-bond acceptors (Lipinski definition) is 3. The average molecular weight is 298 g/mol. The predicted octanol–water partition coefficient (Wildman–Crippen LogP) is 1.61. The summed E-state index contributed by atoms with van der Waals surface area (Å²) in [5.41, 5.74) is -4.78. The topological polar surface area (TPSA) is 49.4 Å². The van der Waals surface area contributed by atoms with Crippen LogP contribution >= 0.6 is 11.8 Å². The molecule has 1 aliphatic heterocycles. The van der Waals surface area contributed by atoms with E-state index in [-0.39, 0.29) is 42.4 Å². The molecule has 19 heavy (non-hydrogen) atoms. The molecule has 110 valence electrons. The zero-order chi connectivity index (χ0) is 14.8. The Kier molecular flexibility index (Phi) is 4.76. The van der Waals surface area contributed by atoms with E-state index in [9.17, 15) is 22.8 Å². The van der Waals surface area contributed by atoms with E-state index in [1.165, 1.54) is 4.90 Å². The number of thioether (sulfide) groups is 1. The molecule has 1 heterocycles. The molecule has 1 fully saturated rings. The molecular formula is C11H17F3N2O2S. The summed E-state index contributed by atoms with van der Waals surface area (Å²) in [6.07, 6.45) is 0. The van der Waals surface area contributed by atoms with Gasteiger partial charge in [0, 0.05) is 12.3 Å². The maximum atomic E-state index is 12.1. The number of carbonyl (C=O) groups is 2. The number of alkyl halides is 3. The second-order valence-corrected chi connectivity index (χ2v) is 6.58. The van der Waals surface area contributed by atoms with Gasteiger partial charge in [-0.15, -0.1) is 0 Å². The Labute approximate surface area is 114 Å². The van der Waals surface area contributed by atoms with Crippen LogP contribution in [-0.2, 0) is 9.59 Å². The summed E-state index contributed by atoms with van der Waals surface area (Å²) in [7, 11) is 0. The van der Waals surface area contributed by atoms with E-state index >= 15 is 0 Å². The van der Waals surface area contributed by atoms with Gasteiger partial charge in [0.15, 0.2) is 0 Å². The molecule has 1 aliphatic rings. The fraction of sp³-hybridized carbons (Fsp3) is 0.818. The van der Waals surface area contributed by atoms with Crippen molar-refractivity contribution in [3.8, 4) is 0 Å². The van der Waals surface area contributed by atoms with E-state index in [1.807, 2.05) is 0 Å². The highest BCUT2D eigenvalue weighted by molar-refractivity contribution is 8.00. The van der Waals surface area contributed by atoms with Crippen LogP contribution in [0.1, 0.15) is 20.8 Å². The van der Waals surface area contributed by atoms with Gasteiger partial charge in [0.25, 0.3) is 0 Å². The summed E-state index contributed by atoms with van der Waals surface area (Å²) in [5, 5.41) is 2.58. The van der Waals surface area contributed by atoms with Gasteiger partial charge in [-0.05, 0) is 17.2 Å². The van der Waals surface area contributed by atoms with Crippen LogP contribution in [0.25, 0.3) is 0 Å². The molecule has 1 saturated heterocycles. The number of amides is 2. The number of nitrogens with one attached hydrogen (secondary N) is 1. The van der Waals surface area contributed by atoms with Crippen LogP contribution in [0.15, 0.2) is 0 Å². The molecule has 0 aliphatic carbocycles. The number of hydrogen-bond donors (Lipinski definition) is 1. The summed E-state index contributed by atoms with van der Waals surface area (Å²) >= 11 is -0.186. The van der Waals surface area contributed by atoms with Crippen LogP contribution < -0.4 is 5.32 Å². The van der Waals surface area contributed by atoms with Gasteiger partial charge in [-0.3, -0.25) is 9.59 Å². The second-order valence-electron chi connectivity index (χ2n) is 5.42. The summed E-state index contributed by atoms with van der Waals surface area (Å²) in [6, 6.07) is -0.690. The Balaban J connectivity index is 2.63. The molecule has 2 amide bonds. The third-order valence-electron chi connectivity index (χ3n) is 2.69. The van der Waals surface area contributed by atoms with E-state index in [4.69, 9.17) is 0 Å². The zero-order valence-corrected chi connectivity index (χ0v) is 11.8. The third kappa shape index (κ3) is 4.93. The van der Waals surface area contributed by atoms with Crippen molar-refractivity contribution >= 4 is 23.6 Å². The Morgan fingerprint density at radius 1 is 1.32 bits per heavy atom. The molecule has 0 spiro atoms. The molecule has 0 saturated carbocycles. The molecule has 0 aromatic rings. The van der Waals surface area contributed by atoms with E-state index in [2.05, 4.69) is 5.32 Å². The third-order valence-corrected chi connectivity index (χ3v) is 3.41. The fourth-order valence-electron chi connectivity index (χ4n) is 1.75. The van der Waals surface area contributed by atoms with Gasteiger partial charge in [-0.25, -0.2) is 0 Å². The second kappa shape index (κ2) is 5.60. The van der Waals surface area contributed by atoms with Crippen molar-refractivity contribution in [2.45, 2.75) is 32.3 Å². The van der Waals surface area contributed by atoms with Crippen molar-refractivity contribution in [1.82, 2.24) is 10.2 Å². The van der Waals surface area contributed by atoms with Crippen molar-refractivity contribution in [3.05, 3.63) is 0 Å². The first kappa shape index (κ1) is 16.1. The molecule has 1 unspecified atom stereocenters. The normalized spacial score (nSPS) is 21.6. The van der Waals surface area contributed by atoms with Crippen molar-refractivity contribution < 1.29 is 22.8 Å². The Morgan fingerprint density at radius 3 is 2.37 bits per heavy atom. The molecule has 0 aromatic carbocycles. The monoisotopic (exact) mass is 298 g/mol. The molecule has 0 bridgehead atoms. The molecule has 8 heteroatoms. The molecular weight excluding hydrogens is 281 g/mol. The maximum Gasteiger partial charge on any atom is 0.441 e. The first-order valence-corrected chi connectivity index (χ1v) is 6.78. The Bertz CT molecular complexity index is 366. The van der Waals surface area contributed by atoms with Crippen molar-refractivity contribution in [2.75, 3.05) is 18.8 Å². The van der Waals surface area contributed by atoms with Crippen LogP contribution in [-0.4, -0.2) is 47.1 Å². The summed E-state index contributed by atoms with van der Waals surface area (Å²) in [6.45, 7) is 5.13. The quantitative estimate of drug-likeness (QED) is 0.861. The van der Waals surface area contributed by atoms with Crippen molar-refractivity contribution in [1.29, 1.82) is 0 Å². The van der Waals surface area contributed by atoms with E-state index in [0.29, 0.717) is 0 Å². The molecule has 1 rings (SSSR count). The van der Waals surface area contributed by atoms with Crippen LogP contribution in [0.2, 0.25) is 0 Å². The van der Waals surface area contributed by atoms with Crippen LogP contribution in [0.5, 0.6) is 0 Å². The van der Waals surface area contributed by atoms with Gasteiger partial charge in [-0.2, -0.15) is 13.2 Å². The van der Waals surface area contributed by atoms with E-state index in [0.717, 1.165) is 0 Å². The Hall–Kier alpha value is -0.920. The number of halogens is 3. The highest BCUT2D eigenvalue weighted by Gasteiger charge is 2.40. The largest absolute Gasteiger partial charge is 0.441 e. The number of piperazine rings is 1. The molecule has 1 N–H and O–H groups in total. The van der Waals surface area contributed by atoms with Crippen LogP contribution in [0.4, 0.5) is 13.2 Å². The lowest BCUT2D eigenvalue weighted by Gasteiger charge is -2.38. The van der Waals surface area contributed by atoms with Crippen molar-refractivity contribution in [2.24, 2.45) is 5.41 Å². The van der Waals surface area contributed by atoms with Gasteiger partial charge >= 0.3 is 5.51 Å². The van der Waals surface area contributed by atoms with Crippen molar-refractivity contribution in [3.63, 3.8) is 0 Å². The molecule has 0 aromatic heterocycles. The van der Waals surface area contributed by atoms with Gasteiger partial charge < -0.3 is 10.2 Å². The minimum atomic E-state index is -4.31. The van der Waals surface area contributed by atoms with Gasteiger partial charge in [0.2, 0.25) is 11.8 Å². The first-order valence-electron chi connectivity index (χ1n) is 5.79. The fourth-order valence-corrected chi connectivity index (χ4v) is 2.29. The van der Waals surface area contributed by atoms with Crippen LogP contribution in [0.3, 0.4) is 0 Å². The first-order chi connectivity index (χ1) is 8.50. The SMILES string of the molecule is CC(C)(C)C1NC(=O)CN(CCSC(F)(F)F)C1=O. The number of rotatable bonds is 3. The summed E-state index contributed by atoms with van der Waals surface area (Å²) in [4.78, 5) is 24.8. The van der Waals surface area contributed by atoms with E-state index < -0.39 is 17.0 Å². The van der Waals surface area contributed by atoms with Gasteiger partial charge in [-0.1, -0.05) is 20.8 Å². The lowest BCUT2D eigenvalue weighted by Crippen LogP contribution is -2.62. The number of nitrogens with zero attached hydrogens (tertiary/aromatic N) is 1. The zero-order valence-electron chi connectivity index (χ0n) is 11.0. The molecule has 1 atom stereocenters. The predicted molar refractivity (Wildman–Crippen MR) is 66.5 cm³/mol. The molecule has 4 nitrogen and oxygen atoms in total. The summed E-state index contributed by atoms with van der Waals surface area (Å²) in [5.74, 6) is -0.925. The highest BCUT2D eigenvalue weighted by atomic mass is 32.2. The van der Waals surface area contributed by atoms with E-state index in [1.54, 1.807) is 20.8 Å². The lowest BCUT2D eigenvalue weighted by atomic mass is 9.85. The number of carbonyl (C=O) groups excluding carboxylic acids is 2. The Morgan fingerprint density at radius 2 is 1.89 bits per heavy atom. The maximum absolute atomic E-state index is 12.1. The molecule has 0 radical (unpaired) electrons. The minimum absolute atomic E-state index is 0.0803. The van der Waals surface area contributed by atoms with Crippen LogP contribution in [0, 0.1) is 5.41 Å². The smallest absolute Gasteiger partial charge is 0.342 e.